The minimum atomic E-state index is -1.17. The van der Waals surface area contributed by atoms with E-state index in [1.54, 1.807) is 0 Å². The number of halogens is 1. The molecule has 0 heterocycles. The number of carboxylic acids is 1. The van der Waals surface area contributed by atoms with Gasteiger partial charge in [0.1, 0.15) is 0 Å². The van der Waals surface area contributed by atoms with E-state index >= 15 is 0 Å². The molecular weight excluding hydrogens is 238 g/mol. The molecule has 0 bridgehead atoms. The zero-order valence-corrected chi connectivity index (χ0v) is 9.02. The first-order valence-corrected chi connectivity index (χ1v) is 4.56. The molecule has 0 aromatic heterocycles. The molecule has 0 radical (unpaired) electrons. The lowest BCUT2D eigenvalue weighted by molar-refractivity contribution is -0.386. The number of benzene rings is 1. The van der Waals surface area contributed by atoms with Gasteiger partial charge in [0.25, 0.3) is 0 Å². The number of carbonyl (C=O) groups is 1. The summed E-state index contributed by atoms with van der Waals surface area (Å²) >= 11 is 5.69. The van der Waals surface area contributed by atoms with Crippen molar-refractivity contribution >= 4 is 23.3 Å². The molecule has 0 aliphatic rings. The SMILES string of the molecule is COc1cc(Cl)cc(CC(=O)O)c1[N+](=O)[O-]. The summed E-state index contributed by atoms with van der Waals surface area (Å²) in [5.74, 6) is -1.22. The standard InChI is InChI=1S/C9H8ClNO5/c1-16-7-4-6(10)2-5(3-8(12)13)9(7)11(14)15/h2,4H,3H2,1H3,(H,12,13). The van der Waals surface area contributed by atoms with Gasteiger partial charge in [0.05, 0.1) is 18.5 Å². The number of hydrogen-bond acceptors (Lipinski definition) is 4. The summed E-state index contributed by atoms with van der Waals surface area (Å²) in [6.45, 7) is 0. The van der Waals surface area contributed by atoms with Crippen molar-refractivity contribution in [3.8, 4) is 5.75 Å². The van der Waals surface area contributed by atoms with Gasteiger partial charge >= 0.3 is 11.7 Å². The Kier molecular flexibility index (Phi) is 3.68. The summed E-state index contributed by atoms with van der Waals surface area (Å²) in [5, 5.41) is 19.6. The first-order valence-electron chi connectivity index (χ1n) is 4.18. The van der Waals surface area contributed by atoms with Crippen LogP contribution in [0, 0.1) is 10.1 Å². The van der Waals surface area contributed by atoms with Crippen LogP contribution in [0.1, 0.15) is 5.56 Å². The Bertz CT molecular complexity index is 446. The molecule has 0 unspecified atom stereocenters. The smallest absolute Gasteiger partial charge is 0.314 e. The molecule has 0 saturated heterocycles. The van der Waals surface area contributed by atoms with Gasteiger partial charge in [-0.2, -0.15) is 0 Å². The predicted octanol–water partition coefficient (Wildman–Crippen LogP) is 1.88. The van der Waals surface area contributed by atoms with Gasteiger partial charge in [-0.15, -0.1) is 0 Å². The molecule has 0 atom stereocenters. The van der Waals surface area contributed by atoms with Gasteiger partial charge in [-0.3, -0.25) is 14.9 Å². The highest BCUT2D eigenvalue weighted by Crippen LogP contribution is 2.34. The van der Waals surface area contributed by atoms with Gasteiger partial charge in [0.2, 0.25) is 0 Å². The van der Waals surface area contributed by atoms with Crippen molar-refractivity contribution in [3.63, 3.8) is 0 Å². The molecule has 1 N–H and O–H groups in total. The molecule has 0 aliphatic carbocycles. The molecule has 1 rings (SSSR count). The van der Waals surface area contributed by atoms with E-state index < -0.39 is 17.3 Å². The lowest BCUT2D eigenvalue weighted by Gasteiger charge is -2.06. The first-order chi connectivity index (χ1) is 7.45. The lowest BCUT2D eigenvalue weighted by Crippen LogP contribution is -2.05. The number of nitro groups is 1. The molecule has 7 heteroatoms. The maximum absolute atomic E-state index is 10.8. The Balaban J connectivity index is 3.37. The third-order valence-corrected chi connectivity index (χ3v) is 2.08. The normalized spacial score (nSPS) is 9.88. The fraction of sp³-hybridized carbons (Fsp3) is 0.222. The van der Waals surface area contributed by atoms with Crippen molar-refractivity contribution in [1.29, 1.82) is 0 Å². The van der Waals surface area contributed by atoms with E-state index in [0.717, 1.165) is 0 Å². The van der Waals surface area contributed by atoms with Crippen molar-refractivity contribution in [2.75, 3.05) is 7.11 Å². The molecule has 86 valence electrons. The Morgan fingerprint density at radius 3 is 2.69 bits per heavy atom. The summed E-state index contributed by atoms with van der Waals surface area (Å²) < 4.78 is 4.79. The minimum Gasteiger partial charge on any atom is -0.490 e. The van der Waals surface area contributed by atoms with Gasteiger partial charge in [0.15, 0.2) is 5.75 Å². The lowest BCUT2D eigenvalue weighted by atomic mass is 10.1. The number of ether oxygens (including phenoxy) is 1. The Morgan fingerprint density at radius 1 is 1.62 bits per heavy atom. The second kappa shape index (κ2) is 4.80. The van der Waals surface area contributed by atoms with E-state index in [9.17, 15) is 14.9 Å². The summed E-state index contributed by atoms with van der Waals surface area (Å²) in [6.07, 6.45) is -0.479. The van der Waals surface area contributed by atoms with Gasteiger partial charge in [-0.05, 0) is 6.07 Å². The average Bonchev–Trinajstić information content (AvgIpc) is 2.14. The van der Waals surface area contributed by atoms with E-state index in [2.05, 4.69) is 0 Å². The van der Waals surface area contributed by atoms with Crippen LogP contribution in [0.5, 0.6) is 5.75 Å². The van der Waals surface area contributed by atoms with Crippen LogP contribution in [-0.4, -0.2) is 23.1 Å². The van der Waals surface area contributed by atoms with Crippen LogP contribution in [0.15, 0.2) is 12.1 Å². The van der Waals surface area contributed by atoms with Crippen LogP contribution in [-0.2, 0) is 11.2 Å². The topological polar surface area (TPSA) is 89.7 Å². The van der Waals surface area contributed by atoms with Crippen LogP contribution in [0.25, 0.3) is 0 Å². The van der Waals surface area contributed by atoms with E-state index in [4.69, 9.17) is 21.4 Å². The highest BCUT2D eigenvalue weighted by atomic mass is 35.5. The second-order valence-electron chi connectivity index (χ2n) is 2.94. The number of nitro benzene ring substituents is 1. The molecule has 1 aromatic carbocycles. The number of carboxylic acid groups (broad SMARTS) is 1. The molecule has 16 heavy (non-hydrogen) atoms. The van der Waals surface area contributed by atoms with E-state index in [1.165, 1.54) is 19.2 Å². The molecule has 0 saturated carbocycles. The second-order valence-corrected chi connectivity index (χ2v) is 3.38. The maximum atomic E-state index is 10.8. The number of methoxy groups -OCH3 is 1. The van der Waals surface area contributed by atoms with Gasteiger partial charge in [-0.1, -0.05) is 11.6 Å². The third kappa shape index (κ3) is 2.60. The van der Waals surface area contributed by atoms with Crippen LogP contribution in [0.2, 0.25) is 5.02 Å². The summed E-state index contributed by atoms with van der Waals surface area (Å²) in [4.78, 5) is 20.6. The van der Waals surface area contributed by atoms with Crippen molar-refractivity contribution in [1.82, 2.24) is 0 Å². The zero-order valence-electron chi connectivity index (χ0n) is 8.27. The first kappa shape index (κ1) is 12.3. The van der Waals surface area contributed by atoms with Gasteiger partial charge in [0, 0.05) is 16.7 Å². The van der Waals surface area contributed by atoms with Crippen LogP contribution >= 0.6 is 11.6 Å². The fourth-order valence-electron chi connectivity index (χ4n) is 1.29. The number of hydrogen-bond donors (Lipinski definition) is 1. The highest BCUT2D eigenvalue weighted by molar-refractivity contribution is 6.31. The quantitative estimate of drug-likeness (QED) is 0.646. The Hall–Kier alpha value is -1.82. The van der Waals surface area contributed by atoms with Gasteiger partial charge < -0.3 is 9.84 Å². The molecule has 6 nitrogen and oxygen atoms in total. The molecule has 0 spiro atoms. The molecule has 1 aromatic rings. The third-order valence-electron chi connectivity index (χ3n) is 1.86. The largest absolute Gasteiger partial charge is 0.490 e. The van der Waals surface area contributed by atoms with Crippen molar-refractivity contribution in [2.45, 2.75) is 6.42 Å². The average molecular weight is 246 g/mol. The van der Waals surface area contributed by atoms with E-state index in [0.29, 0.717) is 0 Å². The molecular formula is C9H8ClNO5. The Labute approximate surface area is 95.6 Å². The summed E-state index contributed by atoms with van der Waals surface area (Å²) in [5.41, 5.74) is -0.351. The number of aliphatic carboxylic acids is 1. The van der Waals surface area contributed by atoms with Crippen LogP contribution in [0.4, 0.5) is 5.69 Å². The van der Waals surface area contributed by atoms with Crippen molar-refractivity contribution in [3.05, 3.63) is 32.8 Å². The number of rotatable bonds is 4. The highest BCUT2D eigenvalue weighted by Gasteiger charge is 2.23. The maximum Gasteiger partial charge on any atom is 0.314 e. The minimum absolute atomic E-state index is 0.0156. The zero-order chi connectivity index (χ0) is 12.3. The Morgan fingerprint density at radius 2 is 2.25 bits per heavy atom. The molecule has 0 fully saturated rings. The van der Waals surface area contributed by atoms with Gasteiger partial charge in [-0.25, -0.2) is 0 Å². The van der Waals surface area contributed by atoms with E-state index in [1.807, 2.05) is 0 Å². The number of nitrogens with zero attached hydrogens (tertiary/aromatic N) is 1. The van der Waals surface area contributed by atoms with Crippen molar-refractivity contribution < 1.29 is 19.6 Å². The fourth-order valence-corrected chi connectivity index (χ4v) is 1.52. The summed E-state index contributed by atoms with van der Waals surface area (Å²) in [7, 11) is 1.25. The monoisotopic (exact) mass is 245 g/mol. The van der Waals surface area contributed by atoms with Crippen molar-refractivity contribution in [2.24, 2.45) is 0 Å². The summed E-state index contributed by atoms with van der Waals surface area (Å²) in [6, 6.07) is 2.52. The molecule has 0 amide bonds. The van der Waals surface area contributed by atoms with Crippen LogP contribution in [0.3, 0.4) is 0 Å². The van der Waals surface area contributed by atoms with Crippen LogP contribution < -0.4 is 4.74 Å². The molecule has 0 aliphatic heterocycles. The predicted molar refractivity (Wildman–Crippen MR) is 56.0 cm³/mol. The van der Waals surface area contributed by atoms with E-state index in [-0.39, 0.29) is 22.0 Å².